The van der Waals surface area contributed by atoms with E-state index in [1.165, 1.54) is 4.88 Å². The summed E-state index contributed by atoms with van der Waals surface area (Å²) < 4.78 is 5.37. The van der Waals surface area contributed by atoms with Gasteiger partial charge >= 0.3 is 0 Å². The lowest BCUT2D eigenvalue weighted by Crippen LogP contribution is -2.25. The van der Waals surface area contributed by atoms with Crippen LogP contribution in [0.2, 0.25) is 0 Å². The highest BCUT2D eigenvalue weighted by atomic mass is 32.1. The van der Waals surface area contributed by atoms with Gasteiger partial charge in [0.25, 0.3) is 5.91 Å². The highest BCUT2D eigenvalue weighted by Gasteiger charge is 2.15. The lowest BCUT2D eigenvalue weighted by Gasteiger charge is -2.14. The fourth-order valence-corrected chi connectivity index (χ4v) is 3.32. The molecule has 21 heavy (non-hydrogen) atoms. The second-order valence-corrected chi connectivity index (χ2v) is 6.08. The fraction of sp³-hybridized carbons (Fsp3) is 0.438. The van der Waals surface area contributed by atoms with Crippen LogP contribution in [-0.4, -0.2) is 24.2 Å². The van der Waals surface area contributed by atoms with E-state index >= 15 is 0 Å². The van der Waals surface area contributed by atoms with Crippen molar-refractivity contribution in [2.24, 2.45) is 0 Å². The molecule has 0 aliphatic carbocycles. The molecule has 0 radical (unpaired) electrons. The number of hydrogen-bond acceptors (Lipinski definition) is 4. The zero-order chi connectivity index (χ0) is 15.2. The zero-order valence-electron chi connectivity index (χ0n) is 12.4. The van der Waals surface area contributed by atoms with Crippen LogP contribution in [0.25, 0.3) is 0 Å². The highest BCUT2D eigenvalue weighted by Crippen LogP contribution is 2.27. The third-order valence-electron chi connectivity index (χ3n) is 3.49. The second kappa shape index (κ2) is 7.43. The number of aliphatic hydroxyl groups is 1. The molecule has 2 N–H and O–H groups in total. The minimum absolute atomic E-state index is 0.0988. The number of aryl methyl sites for hydroxylation is 2. The topological polar surface area (TPSA) is 62.5 Å². The van der Waals surface area contributed by atoms with Gasteiger partial charge in [0.1, 0.15) is 11.5 Å². The van der Waals surface area contributed by atoms with Crippen molar-refractivity contribution < 1.29 is 14.3 Å². The molecule has 1 unspecified atom stereocenters. The average molecular weight is 307 g/mol. The summed E-state index contributed by atoms with van der Waals surface area (Å²) in [5, 5.41) is 14.1. The van der Waals surface area contributed by atoms with Crippen LogP contribution in [0.3, 0.4) is 0 Å². The second-order valence-electron chi connectivity index (χ2n) is 5.10. The van der Waals surface area contributed by atoms with E-state index in [1.54, 1.807) is 24.3 Å². The fourth-order valence-electron chi connectivity index (χ4n) is 2.42. The maximum Gasteiger partial charge on any atom is 0.254 e. The Morgan fingerprint density at radius 2 is 2.24 bits per heavy atom. The van der Waals surface area contributed by atoms with Gasteiger partial charge in [0.05, 0.1) is 5.56 Å². The molecule has 5 heteroatoms. The number of thiophene rings is 1. The van der Waals surface area contributed by atoms with Crippen LogP contribution in [0, 0.1) is 13.8 Å². The molecule has 0 fully saturated rings. The predicted octanol–water partition coefficient (Wildman–Crippen LogP) is 3.24. The van der Waals surface area contributed by atoms with E-state index in [9.17, 15) is 4.79 Å². The quantitative estimate of drug-likeness (QED) is 0.825. The molecule has 2 aromatic rings. The van der Waals surface area contributed by atoms with Gasteiger partial charge in [0.15, 0.2) is 0 Å². The Kier molecular flexibility index (Phi) is 5.59. The standard InChI is InChI=1S/C16H21NO3S/c1-11-10-14(12(2)20-11)16(19)17-7-5-13(6-8-18)15-4-3-9-21-15/h3-4,9-10,13,18H,5-8H2,1-2H3,(H,17,19). The van der Waals surface area contributed by atoms with Crippen molar-refractivity contribution in [3.05, 3.63) is 45.5 Å². The molecule has 0 saturated heterocycles. The molecule has 0 saturated carbocycles. The molecule has 114 valence electrons. The summed E-state index contributed by atoms with van der Waals surface area (Å²) in [7, 11) is 0. The SMILES string of the molecule is Cc1cc(C(=O)NCCC(CCO)c2cccs2)c(C)o1. The number of hydrogen-bond donors (Lipinski definition) is 2. The van der Waals surface area contributed by atoms with E-state index in [0.29, 0.717) is 23.8 Å². The molecule has 0 aromatic carbocycles. The van der Waals surface area contributed by atoms with Crippen molar-refractivity contribution in [2.75, 3.05) is 13.2 Å². The molecule has 0 aliphatic heterocycles. The van der Waals surface area contributed by atoms with Gasteiger partial charge in [-0.25, -0.2) is 0 Å². The molecule has 0 aliphatic rings. The van der Waals surface area contributed by atoms with Crippen molar-refractivity contribution in [3.8, 4) is 0 Å². The lowest BCUT2D eigenvalue weighted by molar-refractivity contribution is 0.0950. The van der Waals surface area contributed by atoms with Gasteiger partial charge in [0, 0.05) is 18.0 Å². The third-order valence-corrected chi connectivity index (χ3v) is 4.52. The molecule has 4 nitrogen and oxygen atoms in total. The largest absolute Gasteiger partial charge is 0.466 e. The average Bonchev–Trinajstić information content (AvgIpc) is 3.07. The van der Waals surface area contributed by atoms with E-state index in [2.05, 4.69) is 11.4 Å². The van der Waals surface area contributed by atoms with Crippen molar-refractivity contribution in [3.63, 3.8) is 0 Å². The van der Waals surface area contributed by atoms with Crippen LogP contribution < -0.4 is 5.32 Å². The minimum atomic E-state index is -0.0988. The molecule has 2 heterocycles. The van der Waals surface area contributed by atoms with Crippen molar-refractivity contribution in [1.29, 1.82) is 0 Å². The van der Waals surface area contributed by atoms with Crippen LogP contribution in [-0.2, 0) is 0 Å². The van der Waals surface area contributed by atoms with Gasteiger partial charge in [-0.2, -0.15) is 0 Å². The third kappa shape index (κ3) is 4.19. The Balaban J connectivity index is 1.87. The summed E-state index contributed by atoms with van der Waals surface area (Å²) in [6.45, 7) is 4.38. The van der Waals surface area contributed by atoms with E-state index < -0.39 is 0 Å². The van der Waals surface area contributed by atoms with Crippen LogP contribution in [0.5, 0.6) is 0 Å². The van der Waals surface area contributed by atoms with Crippen LogP contribution in [0.15, 0.2) is 28.0 Å². The molecule has 0 spiro atoms. The summed E-state index contributed by atoms with van der Waals surface area (Å²) in [4.78, 5) is 13.3. The Bertz CT molecular complexity index is 574. The van der Waals surface area contributed by atoms with Gasteiger partial charge in [-0.05, 0) is 50.1 Å². The zero-order valence-corrected chi connectivity index (χ0v) is 13.2. The van der Waals surface area contributed by atoms with Crippen LogP contribution in [0.4, 0.5) is 0 Å². The number of amides is 1. The molecule has 2 rings (SSSR count). The summed E-state index contributed by atoms with van der Waals surface area (Å²) in [6.07, 6.45) is 1.54. The Labute approximate surface area is 128 Å². The van der Waals surface area contributed by atoms with E-state index in [4.69, 9.17) is 9.52 Å². The number of nitrogens with one attached hydrogen (secondary N) is 1. The monoisotopic (exact) mass is 307 g/mol. The van der Waals surface area contributed by atoms with Crippen molar-refractivity contribution >= 4 is 17.2 Å². The van der Waals surface area contributed by atoms with Crippen LogP contribution >= 0.6 is 11.3 Å². The highest BCUT2D eigenvalue weighted by molar-refractivity contribution is 7.10. The maximum atomic E-state index is 12.1. The normalized spacial score (nSPS) is 12.3. The summed E-state index contributed by atoms with van der Waals surface area (Å²) >= 11 is 1.69. The lowest BCUT2D eigenvalue weighted by atomic mass is 10.00. The molecular formula is C16H21NO3S. The molecule has 1 amide bonds. The van der Waals surface area contributed by atoms with E-state index in [1.807, 2.05) is 18.4 Å². The van der Waals surface area contributed by atoms with Gasteiger partial charge in [0.2, 0.25) is 0 Å². The molecule has 1 atom stereocenters. The Morgan fingerprint density at radius 1 is 1.43 bits per heavy atom. The predicted molar refractivity (Wildman–Crippen MR) is 83.9 cm³/mol. The van der Waals surface area contributed by atoms with Crippen molar-refractivity contribution in [2.45, 2.75) is 32.6 Å². The smallest absolute Gasteiger partial charge is 0.254 e. The van der Waals surface area contributed by atoms with Gasteiger partial charge < -0.3 is 14.8 Å². The number of furan rings is 1. The summed E-state index contributed by atoms with van der Waals surface area (Å²) in [5.74, 6) is 1.59. The first kappa shape index (κ1) is 15.8. The van der Waals surface area contributed by atoms with Crippen LogP contribution in [0.1, 0.15) is 45.5 Å². The maximum absolute atomic E-state index is 12.1. The summed E-state index contributed by atoms with van der Waals surface area (Å²) in [6, 6.07) is 5.85. The van der Waals surface area contributed by atoms with E-state index in [-0.39, 0.29) is 12.5 Å². The first-order valence-corrected chi connectivity index (χ1v) is 7.99. The van der Waals surface area contributed by atoms with Gasteiger partial charge in [-0.1, -0.05) is 6.07 Å². The minimum Gasteiger partial charge on any atom is -0.466 e. The van der Waals surface area contributed by atoms with Gasteiger partial charge in [-0.15, -0.1) is 11.3 Å². The van der Waals surface area contributed by atoms with Crippen molar-refractivity contribution in [1.82, 2.24) is 5.32 Å². The first-order valence-electron chi connectivity index (χ1n) is 7.11. The number of carbonyl (C=O) groups excluding carboxylic acids is 1. The number of carbonyl (C=O) groups is 1. The molecule has 2 aromatic heterocycles. The molecular weight excluding hydrogens is 286 g/mol. The summed E-state index contributed by atoms with van der Waals surface area (Å²) in [5.41, 5.74) is 0.599. The molecule has 0 bridgehead atoms. The number of aliphatic hydroxyl groups excluding tert-OH is 1. The van der Waals surface area contributed by atoms with Gasteiger partial charge in [-0.3, -0.25) is 4.79 Å². The Morgan fingerprint density at radius 3 is 2.81 bits per heavy atom. The van der Waals surface area contributed by atoms with E-state index in [0.717, 1.165) is 18.6 Å². The first-order chi connectivity index (χ1) is 10.1. The Hall–Kier alpha value is -1.59. The number of rotatable bonds is 7.